The molecule has 9 nitrogen and oxygen atoms in total. The van der Waals surface area contributed by atoms with Gasteiger partial charge in [0.2, 0.25) is 5.75 Å². The van der Waals surface area contributed by atoms with Gasteiger partial charge in [-0.15, -0.1) is 0 Å². The van der Waals surface area contributed by atoms with E-state index in [1.807, 2.05) is 0 Å². The third-order valence-corrected chi connectivity index (χ3v) is 4.75. The summed E-state index contributed by atoms with van der Waals surface area (Å²) >= 11 is 0. The van der Waals surface area contributed by atoms with E-state index >= 15 is 0 Å². The normalized spacial score (nSPS) is 16.1. The number of piperidine rings is 1. The molecule has 1 aliphatic rings. The average molecular weight is 408 g/mol. The van der Waals surface area contributed by atoms with Gasteiger partial charge in [0.15, 0.2) is 11.5 Å². The molecule has 0 saturated carbocycles. The van der Waals surface area contributed by atoms with Crippen molar-refractivity contribution in [3.8, 4) is 17.2 Å². The number of benzene rings is 1. The largest absolute Gasteiger partial charge is 0.493 e. The van der Waals surface area contributed by atoms with Gasteiger partial charge in [-0.2, -0.15) is 0 Å². The molecule has 1 unspecified atom stereocenters. The summed E-state index contributed by atoms with van der Waals surface area (Å²) < 4.78 is 20.9. The molecular formula is C20H28N2O7. The molecule has 1 fully saturated rings. The molecule has 1 atom stereocenters. The molecule has 2 N–H and O–H groups in total. The second-order valence-corrected chi connectivity index (χ2v) is 6.56. The number of esters is 1. The van der Waals surface area contributed by atoms with Gasteiger partial charge < -0.3 is 29.6 Å². The highest BCUT2D eigenvalue weighted by atomic mass is 16.5. The lowest BCUT2D eigenvalue weighted by Crippen LogP contribution is -2.51. The summed E-state index contributed by atoms with van der Waals surface area (Å²) in [5.74, 6) is -1.19. The standard InChI is InChI=1S/C20H28N2O7/c1-26-15-11-13(12-16(27-2)18(15)28-3)17(23)19(24)22-9-5-4-7-14(22)20(25)29-10-6-8-21/h11-12,14H,4-10,21H2,1-3H3. The monoisotopic (exact) mass is 408 g/mol. The smallest absolute Gasteiger partial charge is 0.328 e. The summed E-state index contributed by atoms with van der Waals surface area (Å²) in [4.78, 5) is 39.5. The van der Waals surface area contributed by atoms with Crippen LogP contribution < -0.4 is 19.9 Å². The fourth-order valence-electron chi connectivity index (χ4n) is 3.24. The maximum Gasteiger partial charge on any atom is 0.328 e. The number of rotatable bonds is 9. The van der Waals surface area contributed by atoms with Crippen molar-refractivity contribution in [1.82, 2.24) is 4.90 Å². The van der Waals surface area contributed by atoms with Crippen molar-refractivity contribution in [3.05, 3.63) is 17.7 Å². The number of hydrogen-bond donors (Lipinski definition) is 1. The first-order valence-electron chi connectivity index (χ1n) is 9.50. The molecule has 0 radical (unpaired) electrons. The van der Waals surface area contributed by atoms with E-state index in [1.54, 1.807) is 0 Å². The van der Waals surface area contributed by atoms with Crippen molar-refractivity contribution >= 4 is 17.7 Å². The first-order valence-corrected chi connectivity index (χ1v) is 9.50. The first-order chi connectivity index (χ1) is 14.0. The van der Waals surface area contributed by atoms with Gasteiger partial charge in [0, 0.05) is 12.1 Å². The molecule has 0 aliphatic carbocycles. The highest BCUT2D eigenvalue weighted by Crippen LogP contribution is 2.38. The quantitative estimate of drug-likeness (QED) is 0.280. The Morgan fingerprint density at radius 3 is 2.28 bits per heavy atom. The Bertz CT molecular complexity index is 725. The average Bonchev–Trinajstić information content (AvgIpc) is 2.76. The van der Waals surface area contributed by atoms with Gasteiger partial charge in [-0.25, -0.2) is 4.79 Å². The van der Waals surface area contributed by atoms with Crippen LogP contribution in [0.15, 0.2) is 12.1 Å². The Morgan fingerprint density at radius 2 is 1.72 bits per heavy atom. The van der Waals surface area contributed by atoms with E-state index in [0.717, 1.165) is 6.42 Å². The lowest BCUT2D eigenvalue weighted by Gasteiger charge is -2.33. The summed E-state index contributed by atoms with van der Waals surface area (Å²) in [5.41, 5.74) is 5.50. The number of ketones is 1. The molecule has 1 saturated heterocycles. The minimum absolute atomic E-state index is 0.0883. The van der Waals surface area contributed by atoms with Crippen LogP contribution in [0.2, 0.25) is 0 Å². The van der Waals surface area contributed by atoms with E-state index in [0.29, 0.717) is 38.1 Å². The predicted octanol–water partition coefficient (Wildman–Crippen LogP) is 1.17. The molecule has 160 valence electrons. The number of likely N-dealkylation sites (tertiary alicyclic amines) is 1. The number of amides is 1. The van der Waals surface area contributed by atoms with Crippen LogP contribution in [0.25, 0.3) is 0 Å². The Labute approximate surface area is 170 Å². The zero-order chi connectivity index (χ0) is 21.4. The van der Waals surface area contributed by atoms with Gasteiger partial charge in [-0.05, 0) is 44.4 Å². The molecule has 9 heteroatoms. The molecule has 0 aromatic heterocycles. The van der Waals surface area contributed by atoms with Crippen LogP contribution in [0, 0.1) is 0 Å². The number of nitrogens with zero attached hydrogens (tertiary/aromatic N) is 1. The van der Waals surface area contributed by atoms with Crippen molar-refractivity contribution in [1.29, 1.82) is 0 Å². The number of hydrogen-bond acceptors (Lipinski definition) is 8. The lowest BCUT2D eigenvalue weighted by atomic mass is 10.00. The van der Waals surface area contributed by atoms with Gasteiger partial charge in [0.1, 0.15) is 6.04 Å². The molecule has 1 aromatic carbocycles. The number of nitrogens with two attached hydrogens (primary N) is 1. The Hall–Kier alpha value is -2.81. The molecule has 0 bridgehead atoms. The van der Waals surface area contributed by atoms with Crippen LogP contribution in [0.5, 0.6) is 17.2 Å². The number of methoxy groups -OCH3 is 3. The molecule has 29 heavy (non-hydrogen) atoms. The molecule has 1 aliphatic heterocycles. The minimum Gasteiger partial charge on any atom is -0.493 e. The fourth-order valence-corrected chi connectivity index (χ4v) is 3.24. The zero-order valence-corrected chi connectivity index (χ0v) is 17.1. The van der Waals surface area contributed by atoms with E-state index in [4.69, 9.17) is 24.7 Å². The summed E-state index contributed by atoms with van der Waals surface area (Å²) in [6.07, 6.45) is 2.48. The van der Waals surface area contributed by atoms with Crippen molar-refractivity contribution in [2.24, 2.45) is 5.73 Å². The van der Waals surface area contributed by atoms with E-state index in [2.05, 4.69) is 0 Å². The predicted molar refractivity (Wildman–Crippen MR) is 104 cm³/mol. The molecule has 2 rings (SSSR count). The van der Waals surface area contributed by atoms with Crippen molar-refractivity contribution < 1.29 is 33.3 Å². The van der Waals surface area contributed by atoms with Gasteiger partial charge in [-0.1, -0.05) is 0 Å². The SMILES string of the molecule is COc1cc(C(=O)C(=O)N2CCCCC2C(=O)OCCCN)cc(OC)c1OC. The van der Waals surface area contributed by atoms with E-state index < -0.39 is 23.7 Å². The van der Waals surface area contributed by atoms with E-state index in [-0.39, 0.29) is 23.7 Å². The second kappa shape index (κ2) is 10.7. The van der Waals surface area contributed by atoms with Gasteiger partial charge >= 0.3 is 5.97 Å². The topological polar surface area (TPSA) is 117 Å². The van der Waals surface area contributed by atoms with Crippen LogP contribution in [-0.2, 0) is 14.3 Å². The third-order valence-electron chi connectivity index (χ3n) is 4.75. The van der Waals surface area contributed by atoms with Crippen LogP contribution in [-0.4, -0.2) is 69.6 Å². The zero-order valence-electron chi connectivity index (χ0n) is 17.1. The minimum atomic E-state index is -0.778. The number of carbonyl (C=O) groups is 3. The highest BCUT2D eigenvalue weighted by molar-refractivity contribution is 6.43. The number of Topliss-reactive ketones (excluding diaryl/α,β-unsaturated/α-hetero) is 1. The Kier molecular flexibility index (Phi) is 8.26. The number of carbonyl (C=O) groups excluding carboxylic acids is 3. The summed E-state index contributed by atoms with van der Waals surface area (Å²) in [5, 5.41) is 0. The maximum atomic E-state index is 12.9. The maximum absolute atomic E-state index is 12.9. The second-order valence-electron chi connectivity index (χ2n) is 6.56. The fraction of sp³-hybridized carbons (Fsp3) is 0.550. The van der Waals surface area contributed by atoms with Crippen LogP contribution >= 0.6 is 0 Å². The first kappa shape index (κ1) is 22.5. The van der Waals surface area contributed by atoms with Crippen LogP contribution in [0.4, 0.5) is 0 Å². The molecule has 1 amide bonds. The third kappa shape index (κ3) is 5.17. The molecule has 1 heterocycles. The summed E-state index contributed by atoms with van der Waals surface area (Å²) in [6, 6.07) is 2.06. The van der Waals surface area contributed by atoms with Crippen LogP contribution in [0.3, 0.4) is 0 Å². The van der Waals surface area contributed by atoms with E-state index in [9.17, 15) is 14.4 Å². The van der Waals surface area contributed by atoms with Crippen molar-refractivity contribution in [2.45, 2.75) is 31.7 Å². The van der Waals surface area contributed by atoms with Gasteiger partial charge in [-0.3, -0.25) is 9.59 Å². The van der Waals surface area contributed by atoms with Gasteiger partial charge in [0.25, 0.3) is 11.7 Å². The molecule has 0 spiro atoms. The van der Waals surface area contributed by atoms with Crippen molar-refractivity contribution in [3.63, 3.8) is 0 Å². The molecular weight excluding hydrogens is 380 g/mol. The lowest BCUT2D eigenvalue weighted by molar-refractivity contribution is -0.155. The van der Waals surface area contributed by atoms with Crippen molar-refractivity contribution in [2.75, 3.05) is 41.0 Å². The highest BCUT2D eigenvalue weighted by Gasteiger charge is 2.36. The van der Waals surface area contributed by atoms with Crippen LogP contribution in [0.1, 0.15) is 36.0 Å². The van der Waals surface area contributed by atoms with Gasteiger partial charge in [0.05, 0.1) is 27.9 Å². The Morgan fingerprint density at radius 1 is 1.07 bits per heavy atom. The Balaban J connectivity index is 2.25. The molecule has 1 aromatic rings. The number of ether oxygens (including phenoxy) is 4. The summed E-state index contributed by atoms with van der Waals surface area (Å²) in [6.45, 7) is 0.903. The van der Waals surface area contributed by atoms with E-state index in [1.165, 1.54) is 38.4 Å². The summed E-state index contributed by atoms with van der Waals surface area (Å²) in [7, 11) is 4.29.